The van der Waals surface area contributed by atoms with E-state index in [1.54, 1.807) is 31.5 Å². The van der Waals surface area contributed by atoms with Crippen LogP contribution in [0, 0.1) is 18.6 Å². The molecule has 0 bridgehead atoms. The highest BCUT2D eigenvalue weighted by molar-refractivity contribution is 6.01. The molecule has 4 rings (SSSR count). The number of pyridine rings is 1. The fourth-order valence-corrected chi connectivity index (χ4v) is 2.96. The van der Waals surface area contributed by atoms with E-state index in [4.69, 9.17) is 9.26 Å². The molecule has 2 aromatic heterocycles. The topological polar surface area (TPSA) is 77.2 Å². The molecule has 3 aromatic rings. The third-order valence-electron chi connectivity index (χ3n) is 4.14. The van der Waals surface area contributed by atoms with Crippen LogP contribution in [0.1, 0.15) is 27.7 Å². The largest absolute Gasteiger partial charge is 0.490 e. The summed E-state index contributed by atoms with van der Waals surface area (Å²) in [5.41, 5.74) is 1.31. The zero-order valence-electron chi connectivity index (χ0n) is 13.6. The van der Waals surface area contributed by atoms with Crippen molar-refractivity contribution in [1.29, 1.82) is 0 Å². The molecule has 1 amide bonds. The molecular weight excluding hydrogens is 344 g/mol. The summed E-state index contributed by atoms with van der Waals surface area (Å²) in [6.45, 7) is 1.62. The number of hydrogen-bond acceptors (Lipinski definition) is 5. The zero-order chi connectivity index (χ0) is 18.3. The molecule has 0 radical (unpaired) electrons. The van der Waals surface area contributed by atoms with E-state index < -0.39 is 23.6 Å². The van der Waals surface area contributed by atoms with Crippen LogP contribution in [0.2, 0.25) is 0 Å². The average Bonchev–Trinajstić information content (AvgIpc) is 3.19. The molecule has 26 heavy (non-hydrogen) atoms. The van der Waals surface area contributed by atoms with E-state index in [-0.39, 0.29) is 23.5 Å². The molecule has 1 atom stereocenters. The van der Waals surface area contributed by atoms with E-state index in [0.717, 1.165) is 12.1 Å². The summed E-state index contributed by atoms with van der Waals surface area (Å²) in [6.07, 6.45) is 3.16. The van der Waals surface area contributed by atoms with Gasteiger partial charge in [-0.05, 0) is 19.1 Å². The number of ether oxygens (including phenoxy) is 1. The predicted octanol–water partition coefficient (Wildman–Crippen LogP) is 3.19. The maximum absolute atomic E-state index is 14.1. The van der Waals surface area contributed by atoms with Crippen LogP contribution in [0.5, 0.6) is 5.75 Å². The molecule has 0 fully saturated rings. The summed E-state index contributed by atoms with van der Waals surface area (Å²) in [5.74, 6) is -1.59. The predicted molar refractivity (Wildman–Crippen MR) is 86.5 cm³/mol. The molecule has 0 saturated heterocycles. The first-order valence-electron chi connectivity index (χ1n) is 7.84. The molecule has 1 N–H and O–H groups in total. The lowest BCUT2D eigenvalue weighted by Gasteiger charge is -2.12. The van der Waals surface area contributed by atoms with Gasteiger partial charge >= 0.3 is 0 Å². The van der Waals surface area contributed by atoms with Crippen molar-refractivity contribution >= 4 is 5.91 Å². The summed E-state index contributed by atoms with van der Waals surface area (Å²) in [6, 6.07) is 4.58. The number of carbonyl (C=O) groups is 1. The van der Waals surface area contributed by atoms with Crippen LogP contribution in [0.25, 0.3) is 11.3 Å². The van der Waals surface area contributed by atoms with Crippen molar-refractivity contribution in [3.63, 3.8) is 0 Å². The van der Waals surface area contributed by atoms with E-state index >= 15 is 0 Å². The fourth-order valence-electron chi connectivity index (χ4n) is 2.96. The number of hydrogen-bond donors (Lipinski definition) is 1. The Balaban J connectivity index is 1.65. The van der Waals surface area contributed by atoms with Gasteiger partial charge in [0.15, 0.2) is 0 Å². The van der Waals surface area contributed by atoms with Gasteiger partial charge in [0, 0.05) is 30.1 Å². The molecule has 1 aromatic carbocycles. The van der Waals surface area contributed by atoms with Gasteiger partial charge in [-0.3, -0.25) is 9.78 Å². The number of carbonyl (C=O) groups excluding carboxylic acids is 1. The minimum Gasteiger partial charge on any atom is -0.490 e. The minimum absolute atomic E-state index is 0.00794. The summed E-state index contributed by atoms with van der Waals surface area (Å²) >= 11 is 0. The highest BCUT2D eigenvalue weighted by Crippen LogP contribution is 2.36. The Labute approximate surface area is 146 Å². The first kappa shape index (κ1) is 16.2. The number of fused-ring (bicyclic) bond motifs is 1. The maximum Gasteiger partial charge on any atom is 0.257 e. The number of aromatic nitrogens is 2. The fraction of sp³-hybridized carbons (Fsp3) is 0.167. The molecule has 8 heteroatoms. The second-order valence-corrected chi connectivity index (χ2v) is 5.84. The van der Waals surface area contributed by atoms with Crippen LogP contribution in [-0.4, -0.2) is 22.7 Å². The summed E-state index contributed by atoms with van der Waals surface area (Å²) in [7, 11) is 0. The smallest absolute Gasteiger partial charge is 0.257 e. The van der Waals surface area contributed by atoms with Crippen molar-refractivity contribution in [3.05, 3.63) is 65.2 Å². The van der Waals surface area contributed by atoms with E-state index in [1.165, 1.54) is 0 Å². The molecule has 132 valence electrons. The number of aryl methyl sites for hydroxylation is 1. The van der Waals surface area contributed by atoms with Gasteiger partial charge in [0.2, 0.25) is 0 Å². The Morgan fingerprint density at radius 2 is 2.19 bits per heavy atom. The highest BCUT2D eigenvalue weighted by atomic mass is 19.1. The number of rotatable bonds is 3. The van der Waals surface area contributed by atoms with Crippen molar-refractivity contribution < 1.29 is 22.8 Å². The lowest BCUT2D eigenvalue weighted by molar-refractivity contribution is 0.0929. The van der Waals surface area contributed by atoms with Crippen molar-refractivity contribution in [1.82, 2.24) is 15.5 Å². The average molecular weight is 357 g/mol. The summed E-state index contributed by atoms with van der Waals surface area (Å²) in [5, 5.41) is 6.63. The van der Waals surface area contributed by atoms with Crippen LogP contribution in [-0.2, 0) is 0 Å². The molecule has 1 aliphatic heterocycles. The van der Waals surface area contributed by atoms with Crippen LogP contribution < -0.4 is 10.1 Å². The lowest BCUT2D eigenvalue weighted by Crippen LogP contribution is -2.30. The quantitative estimate of drug-likeness (QED) is 0.779. The molecule has 1 aliphatic rings. The maximum atomic E-state index is 14.1. The van der Waals surface area contributed by atoms with Gasteiger partial charge in [0.05, 0.1) is 11.6 Å². The number of halogens is 2. The first-order chi connectivity index (χ1) is 12.5. The van der Waals surface area contributed by atoms with Crippen LogP contribution in [0.4, 0.5) is 8.78 Å². The van der Waals surface area contributed by atoms with Crippen molar-refractivity contribution in [2.75, 3.05) is 6.61 Å². The van der Waals surface area contributed by atoms with E-state index in [1.807, 2.05) is 0 Å². The number of nitrogens with zero attached hydrogens (tertiary/aromatic N) is 2. The van der Waals surface area contributed by atoms with Gasteiger partial charge < -0.3 is 14.6 Å². The molecule has 1 unspecified atom stereocenters. The molecule has 0 aliphatic carbocycles. The standard InChI is InChI=1S/C18H13F2N3O3/c1-9-15(17(23-26-9)10-3-2-4-21-7-10)18(24)22-13-8-25-14-6-11(19)5-12(20)16(13)14/h2-7,13H,8H2,1H3,(H,22,24). The van der Waals surface area contributed by atoms with Gasteiger partial charge in [-0.1, -0.05) is 5.16 Å². The van der Waals surface area contributed by atoms with E-state index in [9.17, 15) is 13.6 Å². The highest BCUT2D eigenvalue weighted by Gasteiger charge is 2.32. The van der Waals surface area contributed by atoms with E-state index in [0.29, 0.717) is 17.0 Å². The SMILES string of the molecule is Cc1onc(-c2cccnc2)c1C(=O)NC1COc2cc(F)cc(F)c21. The molecular formula is C18H13F2N3O3. The molecule has 0 spiro atoms. The zero-order valence-corrected chi connectivity index (χ0v) is 13.6. The third kappa shape index (κ3) is 2.69. The second-order valence-electron chi connectivity index (χ2n) is 5.84. The van der Waals surface area contributed by atoms with Gasteiger partial charge in [-0.15, -0.1) is 0 Å². The van der Waals surface area contributed by atoms with E-state index in [2.05, 4.69) is 15.5 Å². The number of nitrogens with one attached hydrogen (secondary N) is 1. The Morgan fingerprint density at radius 3 is 2.96 bits per heavy atom. The van der Waals surface area contributed by atoms with Crippen molar-refractivity contribution in [2.45, 2.75) is 13.0 Å². The lowest BCUT2D eigenvalue weighted by atomic mass is 10.0. The normalized spacial score (nSPS) is 15.4. The van der Waals surface area contributed by atoms with Crippen molar-refractivity contribution in [2.24, 2.45) is 0 Å². The number of amides is 1. The first-order valence-corrected chi connectivity index (χ1v) is 7.84. The number of benzene rings is 1. The molecule has 6 nitrogen and oxygen atoms in total. The van der Waals surface area contributed by atoms with Crippen LogP contribution in [0.3, 0.4) is 0 Å². The summed E-state index contributed by atoms with van der Waals surface area (Å²) < 4.78 is 37.8. The Bertz CT molecular complexity index is 989. The Hall–Kier alpha value is -3.29. The Morgan fingerprint density at radius 1 is 1.35 bits per heavy atom. The monoisotopic (exact) mass is 357 g/mol. The van der Waals surface area contributed by atoms with Gasteiger partial charge in [0.25, 0.3) is 5.91 Å². The van der Waals surface area contributed by atoms with Gasteiger partial charge in [-0.25, -0.2) is 8.78 Å². The summed E-state index contributed by atoms with van der Waals surface area (Å²) in [4.78, 5) is 16.8. The minimum atomic E-state index is -0.766. The van der Waals surface area contributed by atoms with Crippen LogP contribution >= 0.6 is 0 Å². The second kappa shape index (κ2) is 6.21. The van der Waals surface area contributed by atoms with Crippen molar-refractivity contribution in [3.8, 4) is 17.0 Å². The van der Waals surface area contributed by atoms with Gasteiger partial charge in [-0.2, -0.15) is 0 Å². The van der Waals surface area contributed by atoms with Crippen LogP contribution in [0.15, 0.2) is 41.2 Å². The van der Waals surface area contributed by atoms with Gasteiger partial charge in [0.1, 0.15) is 41.0 Å². The third-order valence-corrected chi connectivity index (χ3v) is 4.14. The molecule has 3 heterocycles. The Kier molecular flexibility index (Phi) is 3.87. The molecule has 0 saturated carbocycles.